The molecule has 3 heteroatoms. The van der Waals surface area contributed by atoms with Crippen LogP contribution in [0.1, 0.15) is 29.7 Å². The molecule has 0 amide bonds. The highest BCUT2D eigenvalue weighted by molar-refractivity contribution is 6.33. The number of rotatable bonds is 2. The van der Waals surface area contributed by atoms with Crippen LogP contribution >= 0.6 is 11.6 Å². The quantitative estimate of drug-likeness (QED) is 0.820. The second-order valence-corrected chi connectivity index (χ2v) is 3.92. The Morgan fingerprint density at radius 1 is 1.43 bits per heavy atom. The van der Waals surface area contributed by atoms with Crippen molar-refractivity contribution in [3.63, 3.8) is 0 Å². The Kier molecular flexibility index (Phi) is 3.40. The van der Waals surface area contributed by atoms with Crippen molar-refractivity contribution >= 4 is 11.6 Å². The van der Waals surface area contributed by atoms with Crippen LogP contribution in [0.2, 0.25) is 5.02 Å². The molecule has 0 heterocycles. The number of hydrogen-bond acceptors (Lipinski definition) is 2. The lowest BCUT2D eigenvalue weighted by molar-refractivity contribution is 0.411. The molecule has 14 heavy (non-hydrogen) atoms. The van der Waals surface area contributed by atoms with E-state index < -0.39 is 0 Å². The van der Waals surface area contributed by atoms with Gasteiger partial charge in [-0.2, -0.15) is 0 Å². The summed E-state index contributed by atoms with van der Waals surface area (Å²) in [7, 11) is 1.62. The van der Waals surface area contributed by atoms with Gasteiger partial charge in [0.2, 0.25) is 0 Å². The number of benzene rings is 1. The fourth-order valence-corrected chi connectivity index (χ4v) is 1.94. The third kappa shape index (κ3) is 1.86. The minimum atomic E-state index is -0.00268. The van der Waals surface area contributed by atoms with Crippen LogP contribution in [0.4, 0.5) is 0 Å². The van der Waals surface area contributed by atoms with Crippen molar-refractivity contribution in [2.75, 3.05) is 7.11 Å². The Balaban J connectivity index is 3.40. The molecule has 0 aromatic heterocycles. The lowest BCUT2D eigenvalue weighted by Crippen LogP contribution is -2.08. The Hall–Kier alpha value is -0.730. The van der Waals surface area contributed by atoms with Crippen molar-refractivity contribution in [2.45, 2.75) is 26.8 Å². The summed E-state index contributed by atoms with van der Waals surface area (Å²) in [6.07, 6.45) is 0. The van der Waals surface area contributed by atoms with E-state index in [1.807, 2.05) is 26.8 Å². The molecule has 78 valence electrons. The van der Waals surface area contributed by atoms with Gasteiger partial charge < -0.3 is 10.5 Å². The second kappa shape index (κ2) is 4.20. The number of hydrogen-bond donors (Lipinski definition) is 1. The highest BCUT2D eigenvalue weighted by Gasteiger charge is 2.13. The molecule has 0 fully saturated rings. The van der Waals surface area contributed by atoms with Crippen molar-refractivity contribution in [3.05, 3.63) is 27.8 Å². The summed E-state index contributed by atoms with van der Waals surface area (Å²) in [6.45, 7) is 5.88. The Bertz CT molecular complexity index is 348. The average molecular weight is 214 g/mol. The monoisotopic (exact) mass is 213 g/mol. The Morgan fingerprint density at radius 2 is 2.00 bits per heavy atom. The van der Waals surface area contributed by atoms with Crippen LogP contribution in [0.25, 0.3) is 0 Å². The van der Waals surface area contributed by atoms with E-state index in [1.54, 1.807) is 7.11 Å². The van der Waals surface area contributed by atoms with Gasteiger partial charge in [-0.3, -0.25) is 0 Å². The first kappa shape index (κ1) is 11.3. The SMILES string of the molecule is COc1c(C)cc(C(C)N)c(C)c1Cl. The van der Waals surface area contributed by atoms with Crippen LogP contribution in [-0.2, 0) is 0 Å². The summed E-state index contributed by atoms with van der Waals surface area (Å²) in [6, 6.07) is 2.03. The van der Waals surface area contributed by atoms with E-state index in [9.17, 15) is 0 Å². The first-order valence-corrected chi connectivity index (χ1v) is 4.96. The summed E-state index contributed by atoms with van der Waals surface area (Å²) in [5, 5.41) is 0.666. The molecule has 0 aliphatic heterocycles. The van der Waals surface area contributed by atoms with Crippen LogP contribution < -0.4 is 10.5 Å². The maximum Gasteiger partial charge on any atom is 0.140 e. The van der Waals surface area contributed by atoms with Crippen molar-refractivity contribution in [1.29, 1.82) is 0 Å². The smallest absolute Gasteiger partial charge is 0.140 e. The normalized spacial score (nSPS) is 12.7. The van der Waals surface area contributed by atoms with E-state index in [-0.39, 0.29) is 6.04 Å². The standard InChI is InChI=1S/C11H16ClNO/c1-6-5-9(8(3)13)7(2)10(12)11(6)14-4/h5,8H,13H2,1-4H3. The maximum absolute atomic E-state index is 6.17. The van der Waals surface area contributed by atoms with Gasteiger partial charge in [-0.05, 0) is 37.5 Å². The Labute approximate surface area is 90.0 Å². The molecule has 0 aliphatic rings. The largest absolute Gasteiger partial charge is 0.495 e. The molecule has 0 saturated heterocycles. The van der Waals surface area contributed by atoms with Gasteiger partial charge in [0.25, 0.3) is 0 Å². The Morgan fingerprint density at radius 3 is 2.43 bits per heavy atom. The van der Waals surface area contributed by atoms with Gasteiger partial charge in [-0.1, -0.05) is 17.7 Å². The summed E-state index contributed by atoms with van der Waals surface area (Å²) in [4.78, 5) is 0. The molecule has 1 rings (SSSR count). The van der Waals surface area contributed by atoms with Gasteiger partial charge >= 0.3 is 0 Å². The molecule has 0 spiro atoms. The van der Waals surface area contributed by atoms with E-state index in [0.717, 1.165) is 22.4 Å². The number of methoxy groups -OCH3 is 1. The van der Waals surface area contributed by atoms with Gasteiger partial charge in [-0.15, -0.1) is 0 Å². The van der Waals surface area contributed by atoms with E-state index in [4.69, 9.17) is 22.1 Å². The van der Waals surface area contributed by atoms with Crippen LogP contribution in [0, 0.1) is 13.8 Å². The summed E-state index contributed by atoms with van der Waals surface area (Å²) in [5.74, 6) is 0.744. The molecule has 1 aromatic rings. The van der Waals surface area contributed by atoms with Gasteiger partial charge in [0.15, 0.2) is 0 Å². The molecule has 2 nitrogen and oxygen atoms in total. The third-order valence-corrected chi connectivity index (χ3v) is 2.84. The number of aryl methyl sites for hydroxylation is 1. The van der Waals surface area contributed by atoms with Gasteiger partial charge in [-0.25, -0.2) is 0 Å². The minimum absolute atomic E-state index is 0.00268. The third-order valence-electron chi connectivity index (χ3n) is 2.39. The van der Waals surface area contributed by atoms with Crippen molar-refractivity contribution in [2.24, 2.45) is 5.73 Å². The van der Waals surface area contributed by atoms with Gasteiger partial charge in [0.1, 0.15) is 5.75 Å². The lowest BCUT2D eigenvalue weighted by atomic mass is 9.99. The van der Waals surface area contributed by atoms with Crippen LogP contribution in [0.15, 0.2) is 6.07 Å². The van der Waals surface area contributed by atoms with E-state index in [0.29, 0.717) is 5.02 Å². The zero-order valence-electron chi connectivity index (χ0n) is 9.02. The predicted molar refractivity (Wildman–Crippen MR) is 60.1 cm³/mol. The molecule has 1 unspecified atom stereocenters. The number of halogens is 1. The number of nitrogens with two attached hydrogens (primary N) is 1. The first-order chi connectivity index (χ1) is 6.49. The molecule has 0 bridgehead atoms. The van der Waals surface area contributed by atoms with Crippen molar-refractivity contribution in [1.82, 2.24) is 0 Å². The van der Waals surface area contributed by atoms with Crippen molar-refractivity contribution < 1.29 is 4.74 Å². The van der Waals surface area contributed by atoms with Crippen LogP contribution in [0.5, 0.6) is 5.75 Å². The molecule has 0 aliphatic carbocycles. The van der Waals surface area contributed by atoms with Crippen LogP contribution in [0.3, 0.4) is 0 Å². The zero-order valence-corrected chi connectivity index (χ0v) is 9.77. The average Bonchev–Trinajstić information content (AvgIpc) is 2.12. The maximum atomic E-state index is 6.17. The van der Waals surface area contributed by atoms with Gasteiger partial charge in [0, 0.05) is 6.04 Å². The van der Waals surface area contributed by atoms with E-state index >= 15 is 0 Å². The number of ether oxygens (including phenoxy) is 1. The molecular formula is C11H16ClNO. The fraction of sp³-hybridized carbons (Fsp3) is 0.455. The van der Waals surface area contributed by atoms with Gasteiger partial charge in [0.05, 0.1) is 12.1 Å². The minimum Gasteiger partial charge on any atom is -0.495 e. The zero-order chi connectivity index (χ0) is 10.9. The lowest BCUT2D eigenvalue weighted by Gasteiger charge is -2.16. The molecule has 1 aromatic carbocycles. The fourth-order valence-electron chi connectivity index (χ4n) is 1.60. The molecule has 0 saturated carbocycles. The molecule has 2 N–H and O–H groups in total. The summed E-state index contributed by atoms with van der Waals surface area (Å²) >= 11 is 6.17. The highest BCUT2D eigenvalue weighted by Crippen LogP contribution is 2.35. The molecular weight excluding hydrogens is 198 g/mol. The van der Waals surface area contributed by atoms with Crippen LogP contribution in [-0.4, -0.2) is 7.11 Å². The van der Waals surface area contributed by atoms with E-state index in [1.165, 1.54) is 0 Å². The molecule has 1 atom stereocenters. The summed E-state index contributed by atoms with van der Waals surface area (Å²) < 4.78 is 5.22. The summed E-state index contributed by atoms with van der Waals surface area (Å²) in [5.41, 5.74) is 8.95. The topological polar surface area (TPSA) is 35.2 Å². The first-order valence-electron chi connectivity index (χ1n) is 4.58. The molecule has 0 radical (unpaired) electrons. The van der Waals surface area contributed by atoms with E-state index in [2.05, 4.69) is 0 Å². The van der Waals surface area contributed by atoms with Crippen molar-refractivity contribution in [3.8, 4) is 5.75 Å². The predicted octanol–water partition coefficient (Wildman–Crippen LogP) is 2.99. The highest BCUT2D eigenvalue weighted by atomic mass is 35.5. The second-order valence-electron chi connectivity index (χ2n) is 3.54.